The summed E-state index contributed by atoms with van der Waals surface area (Å²) >= 11 is 0. The lowest BCUT2D eigenvalue weighted by molar-refractivity contribution is 0.401. The summed E-state index contributed by atoms with van der Waals surface area (Å²) in [5.41, 5.74) is 7.65. The lowest BCUT2D eigenvalue weighted by atomic mass is 9.91. The molecule has 0 amide bonds. The molecule has 0 saturated heterocycles. The summed E-state index contributed by atoms with van der Waals surface area (Å²) in [6.07, 6.45) is 5.91. The second-order valence-electron chi connectivity index (χ2n) is 3.91. The third-order valence-electron chi connectivity index (χ3n) is 3.05. The van der Waals surface area contributed by atoms with Gasteiger partial charge in [0.25, 0.3) is 0 Å². The zero-order valence-corrected chi connectivity index (χ0v) is 8.61. The molecule has 1 aliphatic rings. The number of hydrogen-bond donors (Lipinski definition) is 1. The lowest BCUT2D eigenvalue weighted by Gasteiger charge is -2.36. The molecule has 3 heteroatoms. The van der Waals surface area contributed by atoms with Crippen molar-refractivity contribution in [3.63, 3.8) is 0 Å². The van der Waals surface area contributed by atoms with Crippen LogP contribution in [-0.2, 0) is 6.54 Å². The summed E-state index contributed by atoms with van der Waals surface area (Å²) < 4.78 is 0. The van der Waals surface area contributed by atoms with Gasteiger partial charge in [0, 0.05) is 19.6 Å². The molecular weight excluding hydrogens is 174 g/mol. The first kappa shape index (κ1) is 9.46. The Morgan fingerprint density at radius 3 is 2.71 bits per heavy atom. The van der Waals surface area contributed by atoms with Crippen LogP contribution in [0.3, 0.4) is 0 Å². The molecule has 1 aliphatic carbocycles. The number of hydrogen-bond acceptors (Lipinski definition) is 3. The van der Waals surface area contributed by atoms with Crippen LogP contribution in [0.15, 0.2) is 18.3 Å². The van der Waals surface area contributed by atoms with E-state index >= 15 is 0 Å². The highest BCUT2D eigenvalue weighted by atomic mass is 15.1. The summed E-state index contributed by atoms with van der Waals surface area (Å²) in [4.78, 5) is 6.61. The highest BCUT2D eigenvalue weighted by molar-refractivity contribution is 5.45. The molecule has 0 spiro atoms. The summed E-state index contributed by atoms with van der Waals surface area (Å²) in [6.45, 7) is 0.521. The second kappa shape index (κ2) is 3.96. The van der Waals surface area contributed by atoms with Gasteiger partial charge in [-0.15, -0.1) is 0 Å². The van der Waals surface area contributed by atoms with Gasteiger partial charge in [-0.25, -0.2) is 0 Å². The topological polar surface area (TPSA) is 42.1 Å². The number of nitrogens with two attached hydrogens (primary N) is 1. The number of pyridine rings is 1. The molecule has 1 heterocycles. The van der Waals surface area contributed by atoms with E-state index in [0.29, 0.717) is 6.54 Å². The molecule has 2 N–H and O–H groups in total. The van der Waals surface area contributed by atoms with E-state index in [4.69, 9.17) is 5.73 Å². The highest BCUT2D eigenvalue weighted by Gasteiger charge is 2.22. The van der Waals surface area contributed by atoms with Crippen LogP contribution < -0.4 is 10.6 Å². The summed E-state index contributed by atoms with van der Waals surface area (Å²) in [7, 11) is 2.14. The Bertz CT molecular complexity index is 290. The van der Waals surface area contributed by atoms with Gasteiger partial charge in [-0.1, -0.05) is 0 Å². The molecule has 1 aromatic rings. The standard InChI is InChI=1S/C11H17N3/c1-14(10-3-2-4-10)11-6-5-9(7-12)13-8-11/h5-6,8,10H,2-4,7,12H2,1H3. The number of rotatable bonds is 3. The van der Waals surface area contributed by atoms with Crippen molar-refractivity contribution in [2.24, 2.45) is 5.73 Å². The van der Waals surface area contributed by atoms with Gasteiger partial charge in [0.2, 0.25) is 0 Å². The molecule has 0 aromatic carbocycles. The summed E-state index contributed by atoms with van der Waals surface area (Å²) in [5, 5.41) is 0. The number of aromatic nitrogens is 1. The van der Waals surface area contributed by atoms with Crippen molar-refractivity contribution in [1.82, 2.24) is 4.98 Å². The summed E-state index contributed by atoms with van der Waals surface area (Å²) in [5.74, 6) is 0. The van der Waals surface area contributed by atoms with Gasteiger partial charge in [0.15, 0.2) is 0 Å². The van der Waals surface area contributed by atoms with Crippen LogP contribution in [-0.4, -0.2) is 18.1 Å². The van der Waals surface area contributed by atoms with Crippen LogP contribution in [0.5, 0.6) is 0 Å². The molecule has 0 aliphatic heterocycles. The maximum atomic E-state index is 5.50. The predicted molar refractivity (Wildman–Crippen MR) is 58.2 cm³/mol. The Kier molecular flexibility index (Phi) is 2.68. The van der Waals surface area contributed by atoms with E-state index in [1.54, 1.807) is 0 Å². The molecular formula is C11H17N3. The van der Waals surface area contributed by atoms with E-state index in [2.05, 4.69) is 23.0 Å². The van der Waals surface area contributed by atoms with E-state index in [0.717, 1.165) is 11.7 Å². The Morgan fingerprint density at radius 2 is 2.29 bits per heavy atom. The molecule has 14 heavy (non-hydrogen) atoms. The average molecular weight is 191 g/mol. The monoisotopic (exact) mass is 191 g/mol. The Balaban J connectivity index is 2.07. The van der Waals surface area contributed by atoms with Gasteiger partial charge in [0.05, 0.1) is 17.6 Å². The van der Waals surface area contributed by atoms with Crippen molar-refractivity contribution >= 4 is 5.69 Å². The fraction of sp³-hybridized carbons (Fsp3) is 0.545. The van der Waals surface area contributed by atoms with Gasteiger partial charge >= 0.3 is 0 Å². The Labute approximate surface area is 84.9 Å². The molecule has 0 radical (unpaired) electrons. The predicted octanol–water partition coefficient (Wildman–Crippen LogP) is 1.53. The SMILES string of the molecule is CN(c1ccc(CN)nc1)C1CCC1. The van der Waals surface area contributed by atoms with Crippen LogP contribution in [0.2, 0.25) is 0 Å². The van der Waals surface area contributed by atoms with Gasteiger partial charge in [-0.2, -0.15) is 0 Å². The van der Waals surface area contributed by atoms with Crippen LogP contribution in [0.4, 0.5) is 5.69 Å². The lowest BCUT2D eigenvalue weighted by Crippen LogP contribution is -2.37. The first-order valence-corrected chi connectivity index (χ1v) is 5.19. The van der Waals surface area contributed by atoms with Crippen molar-refractivity contribution in [2.45, 2.75) is 31.8 Å². The molecule has 0 bridgehead atoms. The largest absolute Gasteiger partial charge is 0.370 e. The first-order valence-electron chi connectivity index (χ1n) is 5.19. The van der Waals surface area contributed by atoms with Gasteiger partial charge in [0.1, 0.15) is 0 Å². The average Bonchev–Trinajstić information content (AvgIpc) is 2.15. The number of anilines is 1. The third-order valence-corrected chi connectivity index (χ3v) is 3.05. The Hall–Kier alpha value is -1.09. The van der Waals surface area contributed by atoms with Crippen molar-refractivity contribution in [2.75, 3.05) is 11.9 Å². The van der Waals surface area contributed by atoms with E-state index in [1.807, 2.05) is 12.3 Å². The van der Waals surface area contributed by atoms with Crippen molar-refractivity contribution in [3.05, 3.63) is 24.0 Å². The zero-order valence-electron chi connectivity index (χ0n) is 8.61. The molecule has 1 saturated carbocycles. The van der Waals surface area contributed by atoms with E-state index in [1.165, 1.54) is 24.9 Å². The molecule has 0 unspecified atom stereocenters. The number of nitrogens with zero attached hydrogens (tertiary/aromatic N) is 2. The molecule has 0 atom stereocenters. The van der Waals surface area contributed by atoms with Crippen LogP contribution in [0, 0.1) is 0 Å². The van der Waals surface area contributed by atoms with Crippen LogP contribution in [0.1, 0.15) is 25.0 Å². The minimum Gasteiger partial charge on any atom is -0.370 e. The molecule has 76 valence electrons. The molecule has 1 fully saturated rings. The Morgan fingerprint density at radius 1 is 1.50 bits per heavy atom. The van der Waals surface area contributed by atoms with E-state index in [9.17, 15) is 0 Å². The molecule has 2 rings (SSSR count). The second-order valence-corrected chi connectivity index (χ2v) is 3.91. The van der Waals surface area contributed by atoms with Gasteiger partial charge < -0.3 is 10.6 Å². The van der Waals surface area contributed by atoms with Crippen molar-refractivity contribution < 1.29 is 0 Å². The minimum atomic E-state index is 0.521. The molecule has 1 aromatic heterocycles. The third kappa shape index (κ3) is 1.73. The van der Waals surface area contributed by atoms with Gasteiger partial charge in [-0.3, -0.25) is 4.98 Å². The van der Waals surface area contributed by atoms with Gasteiger partial charge in [-0.05, 0) is 31.4 Å². The van der Waals surface area contributed by atoms with E-state index < -0.39 is 0 Å². The van der Waals surface area contributed by atoms with Crippen LogP contribution in [0.25, 0.3) is 0 Å². The zero-order chi connectivity index (χ0) is 9.97. The quantitative estimate of drug-likeness (QED) is 0.787. The van der Waals surface area contributed by atoms with Crippen LogP contribution >= 0.6 is 0 Å². The summed E-state index contributed by atoms with van der Waals surface area (Å²) in [6, 6.07) is 4.83. The molecule has 3 nitrogen and oxygen atoms in total. The van der Waals surface area contributed by atoms with Crippen molar-refractivity contribution in [1.29, 1.82) is 0 Å². The van der Waals surface area contributed by atoms with Crippen molar-refractivity contribution in [3.8, 4) is 0 Å². The smallest absolute Gasteiger partial charge is 0.0552 e. The first-order chi connectivity index (χ1) is 6.81. The maximum absolute atomic E-state index is 5.50. The normalized spacial score (nSPS) is 16.4. The maximum Gasteiger partial charge on any atom is 0.0552 e. The highest BCUT2D eigenvalue weighted by Crippen LogP contribution is 2.27. The fourth-order valence-electron chi connectivity index (χ4n) is 1.73. The minimum absolute atomic E-state index is 0.521. The van der Waals surface area contributed by atoms with E-state index in [-0.39, 0.29) is 0 Å². The fourth-order valence-corrected chi connectivity index (χ4v) is 1.73.